The molecule has 1 heterocycles. The number of benzene rings is 2. The normalized spacial score (nSPS) is 15.3. The van der Waals surface area contributed by atoms with Crippen LogP contribution < -0.4 is 10.2 Å². The van der Waals surface area contributed by atoms with Crippen LogP contribution in [0.2, 0.25) is 10.0 Å². The number of carbonyl (C=O) groups excluding carboxylic acids is 1. The number of halogens is 2. The highest BCUT2D eigenvalue weighted by Gasteiger charge is 2.19. The van der Waals surface area contributed by atoms with E-state index in [4.69, 9.17) is 23.2 Å². The maximum atomic E-state index is 12.1. The SMILES string of the molecule is O=C(CN1CCN(c2cccc(Cl)c2)CC1)Nc1ccc(Cl)cc1. The molecule has 2 aromatic rings. The molecule has 24 heavy (non-hydrogen) atoms. The molecule has 6 heteroatoms. The first-order valence-corrected chi connectivity index (χ1v) is 8.64. The third-order valence-corrected chi connectivity index (χ3v) is 4.53. The summed E-state index contributed by atoms with van der Waals surface area (Å²) in [6.07, 6.45) is 0. The number of carbonyl (C=O) groups is 1. The molecule has 0 radical (unpaired) electrons. The average molecular weight is 364 g/mol. The van der Waals surface area contributed by atoms with Gasteiger partial charge in [-0.25, -0.2) is 0 Å². The maximum Gasteiger partial charge on any atom is 0.238 e. The standard InChI is InChI=1S/C18H19Cl2N3O/c19-14-4-6-16(7-5-14)21-18(24)13-22-8-10-23(11-9-22)17-3-1-2-15(20)12-17/h1-7,12H,8-11,13H2,(H,21,24). The molecule has 0 saturated carbocycles. The lowest BCUT2D eigenvalue weighted by atomic mass is 10.2. The Kier molecular flexibility index (Phi) is 5.61. The van der Waals surface area contributed by atoms with Crippen LogP contribution in [-0.2, 0) is 4.79 Å². The molecule has 1 fully saturated rings. The summed E-state index contributed by atoms with van der Waals surface area (Å²) in [7, 11) is 0. The number of piperazine rings is 1. The van der Waals surface area contributed by atoms with Crippen molar-refractivity contribution in [3.63, 3.8) is 0 Å². The zero-order valence-electron chi connectivity index (χ0n) is 13.2. The summed E-state index contributed by atoms with van der Waals surface area (Å²) in [6, 6.07) is 15.0. The number of hydrogen-bond acceptors (Lipinski definition) is 3. The van der Waals surface area contributed by atoms with Gasteiger partial charge in [-0.15, -0.1) is 0 Å². The summed E-state index contributed by atoms with van der Waals surface area (Å²) in [5, 5.41) is 4.30. The summed E-state index contributed by atoms with van der Waals surface area (Å²) in [5.41, 5.74) is 1.90. The highest BCUT2D eigenvalue weighted by Crippen LogP contribution is 2.20. The van der Waals surface area contributed by atoms with Crippen molar-refractivity contribution in [3.05, 3.63) is 58.6 Å². The first kappa shape index (κ1) is 17.1. The van der Waals surface area contributed by atoms with Gasteiger partial charge < -0.3 is 10.2 Å². The fourth-order valence-corrected chi connectivity index (χ4v) is 3.08. The zero-order chi connectivity index (χ0) is 16.9. The third-order valence-electron chi connectivity index (χ3n) is 4.04. The van der Waals surface area contributed by atoms with E-state index >= 15 is 0 Å². The van der Waals surface area contributed by atoms with Gasteiger partial charge in [0.05, 0.1) is 6.54 Å². The van der Waals surface area contributed by atoms with Crippen molar-refractivity contribution in [3.8, 4) is 0 Å². The molecule has 1 amide bonds. The van der Waals surface area contributed by atoms with Crippen LogP contribution in [0.3, 0.4) is 0 Å². The fraction of sp³-hybridized carbons (Fsp3) is 0.278. The molecule has 1 aliphatic rings. The van der Waals surface area contributed by atoms with E-state index in [1.807, 2.05) is 18.2 Å². The molecule has 1 aliphatic heterocycles. The molecule has 0 bridgehead atoms. The van der Waals surface area contributed by atoms with Crippen molar-refractivity contribution in [2.75, 3.05) is 42.9 Å². The number of anilines is 2. The van der Waals surface area contributed by atoms with Gasteiger partial charge in [-0.2, -0.15) is 0 Å². The van der Waals surface area contributed by atoms with Crippen molar-refractivity contribution in [1.29, 1.82) is 0 Å². The van der Waals surface area contributed by atoms with E-state index in [2.05, 4.69) is 21.2 Å². The lowest BCUT2D eigenvalue weighted by Crippen LogP contribution is -2.48. The van der Waals surface area contributed by atoms with Gasteiger partial charge in [-0.1, -0.05) is 29.3 Å². The number of rotatable bonds is 4. The van der Waals surface area contributed by atoms with E-state index < -0.39 is 0 Å². The van der Waals surface area contributed by atoms with Crippen LogP contribution in [0.4, 0.5) is 11.4 Å². The topological polar surface area (TPSA) is 35.6 Å². The second-order valence-corrected chi connectivity index (χ2v) is 6.67. The molecule has 126 valence electrons. The molecule has 1 saturated heterocycles. The molecule has 1 N–H and O–H groups in total. The minimum Gasteiger partial charge on any atom is -0.369 e. The van der Waals surface area contributed by atoms with Crippen molar-refractivity contribution in [2.45, 2.75) is 0 Å². The van der Waals surface area contributed by atoms with Crippen molar-refractivity contribution in [1.82, 2.24) is 4.90 Å². The Bertz CT molecular complexity index is 698. The molecular formula is C18H19Cl2N3O. The average Bonchev–Trinajstić information content (AvgIpc) is 2.58. The van der Waals surface area contributed by atoms with Gasteiger partial charge in [0.1, 0.15) is 0 Å². The first-order valence-electron chi connectivity index (χ1n) is 7.88. The summed E-state index contributed by atoms with van der Waals surface area (Å²) in [5.74, 6) is -0.00599. The van der Waals surface area contributed by atoms with Crippen LogP contribution in [0.5, 0.6) is 0 Å². The van der Waals surface area contributed by atoms with Crippen molar-refractivity contribution < 1.29 is 4.79 Å². The minimum absolute atomic E-state index is 0.00599. The molecule has 4 nitrogen and oxygen atoms in total. The van der Waals surface area contributed by atoms with E-state index in [-0.39, 0.29) is 5.91 Å². The molecule has 0 atom stereocenters. The zero-order valence-corrected chi connectivity index (χ0v) is 14.7. The monoisotopic (exact) mass is 363 g/mol. The lowest BCUT2D eigenvalue weighted by molar-refractivity contribution is -0.117. The Morgan fingerprint density at radius 3 is 2.33 bits per heavy atom. The summed E-state index contributed by atoms with van der Waals surface area (Å²) in [6.45, 7) is 3.86. The summed E-state index contributed by atoms with van der Waals surface area (Å²) in [4.78, 5) is 16.6. The molecular weight excluding hydrogens is 345 g/mol. The second-order valence-electron chi connectivity index (χ2n) is 5.80. The third kappa shape index (κ3) is 4.63. The van der Waals surface area contributed by atoms with Crippen LogP contribution in [-0.4, -0.2) is 43.5 Å². The first-order chi connectivity index (χ1) is 11.6. The summed E-state index contributed by atoms with van der Waals surface area (Å²) < 4.78 is 0. The van der Waals surface area contributed by atoms with E-state index in [0.717, 1.165) is 42.6 Å². The number of hydrogen-bond donors (Lipinski definition) is 1. The number of nitrogens with zero attached hydrogens (tertiary/aromatic N) is 2. The van der Waals surface area contributed by atoms with Gasteiger partial charge in [-0.05, 0) is 42.5 Å². The highest BCUT2D eigenvalue weighted by atomic mass is 35.5. The molecule has 2 aromatic carbocycles. The van der Waals surface area contributed by atoms with E-state index in [1.54, 1.807) is 24.3 Å². The van der Waals surface area contributed by atoms with Gasteiger partial charge in [0.15, 0.2) is 0 Å². The number of amides is 1. The Morgan fingerprint density at radius 2 is 1.67 bits per heavy atom. The predicted molar refractivity (Wildman–Crippen MR) is 100 cm³/mol. The molecule has 0 aromatic heterocycles. The molecule has 0 spiro atoms. The smallest absolute Gasteiger partial charge is 0.238 e. The van der Waals surface area contributed by atoms with Crippen molar-refractivity contribution >= 4 is 40.5 Å². The van der Waals surface area contributed by atoms with Gasteiger partial charge in [0, 0.05) is 47.6 Å². The second kappa shape index (κ2) is 7.88. The van der Waals surface area contributed by atoms with Gasteiger partial charge in [-0.3, -0.25) is 9.69 Å². The van der Waals surface area contributed by atoms with Crippen LogP contribution in [0.25, 0.3) is 0 Å². The van der Waals surface area contributed by atoms with Crippen LogP contribution in [0.1, 0.15) is 0 Å². The Morgan fingerprint density at radius 1 is 0.958 bits per heavy atom. The Hall–Kier alpha value is -1.75. The van der Waals surface area contributed by atoms with E-state index in [1.165, 1.54) is 0 Å². The minimum atomic E-state index is -0.00599. The van der Waals surface area contributed by atoms with Crippen LogP contribution in [0.15, 0.2) is 48.5 Å². The Balaban J connectivity index is 1.48. The lowest BCUT2D eigenvalue weighted by Gasteiger charge is -2.35. The van der Waals surface area contributed by atoms with Crippen LogP contribution in [0, 0.1) is 0 Å². The quantitative estimate of drug-likeness (QED) is 0.898. The predicted octanol–water partition coefficient (Wildman–Crippen LogP) is 3.75. The van der Waals surface area contributed by atoms with Gasteiger partial charge >= 0.3 is 0 Å². The van der Waals surface area contributed by atoms with Gasteiger partial charge in [0.25, 0.3) is 0 Å². The van der Waals surface area contributed by atoms with Crippen molar-refractivity contribution in [2.24, 2.45) is 0 Å². The van der Waals surface area contributed by atoms with E-state index in [9.17, 15) is 4.79 Å². The van der Waals surface area contributed by atoms with E-state index in [0.29, 0.717) is 11.6 Å². The highest BCUT2D eigenvalue weighted by molar-refractivity contribution is 6.31. The fourth-order valence-electron chi connectivity index (χ4n) is 2.77. The van der Waals surface area contributed by atoms with Crippen LogP contribution >= 0.6 is 23.2 Å². The molecule has 0 aliphatic carbocycles. The largest absolute Gasteiger partial charge is 0.369 e. The van der Waals surface area contributed by atoms with Gasteiger partial charge in [0.2, 0.25) is 5.91 Å². The summed E-state index contributed by atoms with van der Waals surface area (Å²) >= 11 is 11.9. The maximum absolute atomic E-state index is 12.1. The number of nitrogens with one attached hydrogen (secondary N) is 1. The molecule has 3 rings (SSSR count). The molecule has 0 unspecified atom stereocenters. The Labute approximate surface area is 152 Å².